The molecule has 0 aromatic carbocycles. The Hall–Kier alpha value is -1.79. The minimum Gasteiger partial charge on any atom is -0.480 e. The summed E-state index contributed by atoms with van der Waals surface area (Å²) in [5, 5.41) is 11.7. The first-order chi connectivity index (χ1) is 8.84. The minimum atomic E-state index is -0.982. The largest absolute Gasteiger partial charge is 0.480 e. The van der Waals surface area contributed by atoms with Crippen LogP contribution in [0.1, 0.15) is 19.8 Å². The Kier molecular flexibility index (Phi) is 5.14. The van der Waals surface area contributed by atoms with E-state index in [0.29, 0.717) is 13.0 Å². The van der Waals surface area contributed by atoms with Crippen LogP contribution in [-0.4, -0.2) is 66.0 Å². The maximum atomic E-state index is 11.9. The van der Waals surface area contributed by atoms with Crippen LogP contribution in [0, 0.1) is 5.92 Å². The zero-order chi connectivity index (χ0) is 14.6. The fraction of sp³-hybridized carbons (Fsp3) is 0.750. The van der Waals surface area contributed by atoms with Gasteiger partial charge in [-0.15, -0.1) is 0 Å². The van der Waals surface area contributed by atoms with E-state index in [4.69, 9.17) is 5.11 Å². The van der Waals surface area contributed by atoms with Crippen molar-refractivity contribution in [2.75, 3.05) is 27.2 Å². The third kappa shape index (κ3) is 3.84. The highest BCUT2D eigenvalue weighted by atomic mass is 16.4. The van der Waals surface area contributed by atoms with Gasteiger partial charge in [0.2, 0.25) is 5.91 Å². The van der Waals surface area contributed by atoms with E-state index in [9.17, 15) is 14.4 Å². The molecule has 0 saturated carbocycles. The van der Waals surface area contributed by atoms with E-state index in [0.717, 1.165) is 0 Å². The molecule has 1 fully saturated rings. The van der Waals surface area contributed by atoms with Gasteiger partial charge in [-0.05, 0) is 12.3 Å². The van der Waals surface area contributed by atoms with Crippen molar-refractivity contribution in [3.05, 3.63) is 0 Å². The first-order valence-corrected chi connectivity index (χ1v) is 6.32. The first-order valence-electron chi connectivity index (χ1n) is 6.32. The SMILES string of the molecule is CC1CCN(C(=O)NCCC(=O)N(C)C)C1C(=O)O. The van der Waals surface area contributed by atoms with Crippen LogP contribution < -0.4 is 5.32 Å². The molecule has 3 amide bonds. The van der Waals surface area contributed by atoms with Gasteiger partial charge in [-0.3, -0.25) is 4.79 Å². The molecule has 1 saturated heterocycles. The van der Waals surface area contributed by atoms with E-state index in [1.807, 2.05) is 6.92 Å². The lowest BCUT2D eigenvalue weighted by Crippen LogP contribution is -2.48. The molecule has 0 aliphatic carbocycles. The Morgan fingerprint density at radius 1 is 1.37 bits per heavy atom. The molecular formula is C12H21N3O4. The van der Waals surface area contributed by atoms with Crippen molar-refractivity contribution in [3.63, 3.8) is 0 Å². The number of hydrogen-bond acceptors (Lipinski definition) is 3. The maximum absolute atomic E-state index is 11.9. The zero-order valence-electron chi connectivity index (χ0n) is 11.5. The molecule has 7 nitrogen and oxygen atoms in total. The number of urea groups is 1. The van der Waals surface area contributed by atoms with Gasteiger partial charge in [0, 0.05) is 33.6 Å². The molecule has 0 spiro atoms. The van der Waals surface area contributed by atoms with Crippen molar-refractivity contribution >= 4 is 17.9 Å². The zero-order valence-corrected chi connectivity index (χ0v) is 11.5. The summed E-state index contributed by atoms with van der Waals surface area (Å²) in [5.74, 6) is -1.11. The first kappa shape index (κ1) is 15.3. The van der Waals surface area contributed by atoms with Gasteiger partial charge < -0.3 is 20.2 Å². The van der Waals surface area contributed by atoms with E-state index < -0.39 is 18.0 Å². The number of aliphatic carboxylic acids is 1. The summed E-state index contributed by atoms with van der Waals surface area (Å²) < 4.78 is 0. The second-order valence-electron chi connectivity index (χ2n) is 5.01. The van der Waals surface area contributed by atoms with Crippen molar-refractivity contribution in [3.8, 4) is 0 Å². The van der Waals surface area contributed by atoms with Gasteiger partial charge >= 0.3 is 12.0 Å². The van der Waals surface area contributed by atoms with E-state index in [-0.39, 0.29) is 24.8 Å². The molecule has 0 aromatic heterocycles. The minimum absolute atomic E-state index is 0.0494. The topological polar surface area (TPSA) is 90.0 Å². The Morgan fingerprint density at radius 3 is 2.53 bits per heavy atom. The molecule has 0 aromatic rings. The molecule has 2 atom stereocenters. The molecule has 2 N–H and O–H groups in total. The van der Waals surface area contributed by atoms with Crippen LogP contribution in [0.2, 0.25) is 0 Å². The van der Waals surface area contributed by atoms with Crippen LogP contribution in [0.4, 0.5) is 4.79 Å². The predicted octanol–water partition coefficient (Wildman–Crippen LogP) is -0.0307. The number of carbonyl (C=O) groups excluding carboxylic acids is 2. The van der Waals surface area contributed by atoms with Gasteiger partial charge in [0.05, 0.1) is 0 Å². The molecular weight excluding hydrogens is 250 g/mol. The number of carboxylic acids is 1. The Balaban J connectivity index is 2.45. The monoisotopic (exact) mass is 271 g/mol. The Bertz CT molecular complexity index is 370. The quantitative estimate of drug-likeness (QED) is 0.751. The number of carboxylic acid groups (broad SMARTS) is 1. The second-order valence-corrected chi connectivity index (χ2v) is 5.01. The summed E-state index contributed by atoms with van der Waals surface area (Å²) in [6.07, 6.45) is 0.890. The van der Waals surface area contributed by atoms with E-state index >= 15 is 0 Å². The van der Waals surface area contributed by atoms with Gasteiger partial charge in [-0.1, -0.05) is 6.92 Å². The highest BCUT2D eigenvalue weighted by Crippen LogP contribution is 2.23. The van der Waals surface area contributed by atoms with Crippen LogP contribution >= 0.6 is 0 Å². The van der Waals surface area contributed by atoms with E-state index in [1.165, 1.54) is 9.80 Å². The van der Waals surface area contributed by atoms with Gasteiger partial charge in [0.15, 0.2) is 0 Å². The lowest BCUT2D eigenvalue weighted by Gasteiger charge is -2.23. The van der Waals surface area contributed by atoms with E-state index in [1.54, 1.807) is 14.1 Å². The predicted molar refractivity (Wildman–Crippen MR) is 68.6 cm³/mol. The summed E-state index contributed by atoms with van der Waals surface area (Å²) in [4.78, 5) is 37.1. The van der Waals surface area contributed by atoms with Crippen molar-refractivity contribution in [1.29, 1.82) is 0 Å². The number of rotatable bonds is 4. The molecule has 1 aliphatic rings. The normalized spacial score (nSPS) is 22.2. The van der Waals surface area contributed by atoms with Gasteiger partial charge in [0.25, 0.3) is 0 Å². The Labute approximate surface area is 112 Å². The van der Waals surface area contributed by atoms with Crippen LogP contribution in [-0.2, 0) is 9.59 Å². The molecule has 1 aliphatic heterocycles. The van der Waals surface area contributed by atoms with Crippen molar-refractivity contribution in [2.24, 2.45) is 5.92 Å². The van der Waals surface area contributed by atoms with E-state index in [2.05, 4.69) is 5.32 Å². The molecule has 0 bridgehead atoms. The molecule has 108 valence electrons. The number of carbonyl (C=O) groups is 3. The molecule has 7 heteroatoms. The third-order valence-corrected chi connectivity index (χ3v) is 3.33. The highest BCUT2D eigenvalue weighted by Gasteiger charge is 2.39. The van der Waals surface area contributed by atoms with Crippen molar-refractivity contribution in [1.82, 2.24) is 15.1 Å². The average molecular weight is 271 g/mol. The van der Waals surface area contributed by atoms with Crippen molar-refractivity contribution < 1.29 is 19.5 Å². The lowest BCUT2D eigenvalue weighted by molar-refractivity contribution is -0.142. The van der Waals surface area contributed by atoms with Crippen molar-refractivity contribution in [2.45, 2.75) is 25.8 Å². The lowest BCUT2D eigenvalue weighted by atomic mass is 10.0. The Morgan fingerprint density at radius 2 is 2.00 bits per heavy atom. The third-order valence-electron chi connectivity index (χ3n) is 3.33. The highest BCUT2D eigenvalue weighted by molar-refractivity contribution is 5.84. The number of likely N-dealkylation sites (tertiary alicyclic amines) is 1. The molecule has 1 heterocycles. The smallest absolute Gasteiger partial charge is 0.326 e. The summed E-state index contributed by atoms with van der Waals surface area (Å²) in [6, 6.07) is -1.19. The molecule has 2 unspecified atom stereocenters. The second kappa shape index (κ2) is 6.40. The summed E-state index contributed by atoms with van der Waals surface area (Å²) in [6.45, 7) is 2.47. The van der Waals surface area contributed by atoms with Gasteiger partial charge in [0.1, 0.15) is 6.04 Å². The summed E-state index contributed by atoms with van der Waals surface area (Å²) in [5.41, 5.74) is 0. The summed E-state index contributed by atoms with van der Waals surface area (Å²) >= 11 is 0. The number of hydrogen-bond donors (Lipinski definition) is 2. The fourth-order valence-electron chi connectivity index (χ4n) is 2.15. The number of amides is 3. The number of nitrogens with zero attached hydrogens (tertiary/aromatic N) is 2. The van der Waals surface area contributed by atoms with Crippen LogP contribution in [0.3, 0.4) is 0 Å². The van der Waals surface area contributed by atoms with Crippen LogP contribution in [0.15, 0.2) is 0 Å². The average Bonchev–Trinajstić information content (AvgIpc) is 2.70. The number of nitrogens with one attached hydrogen (secondary N) is 1. The summed E-state index contributed by atoms with van der Waals surface area (Å²) in [7, 11) is 3.29. The fourth-order valence-corrected chi connectivity index (χ4v) is 2.15. The van der Waals surface area contributed by atoms with Gasteiger partial charge in [-0.25, -0.2) is 9.59 Å². The molecule has 1 rings (SSSR count). The van der Waals surface area contributed by atoms with Gasteiger partial charge in [-0.2, -0.15) is 0 Å². The maximum Gasteiger partial charge on any atom is 0.326 e. The molecule has 0 radical (unpaired) electrons. The molecule has 19 heavy (non-hydrogen) atoms. The standard InChI is InChI=1S/C12H21N3O4/c1-8-5-7-15(10(8)11(17)18)12(19)13-6-4-9(16)14(2)3/h8,10H,4-7H2,1-3H3,(H,13,19)(H,17,18). The van der Waals surface area contributed by atoms with Crippen LogP contribution in [0.25, 0.3) is 0 Å². The van der Waals surface area contributed by atoms with Crippen LogP contribution in [0.5, 0.6) is 0 Å².